The van der Waals surface area contributed by atoms with E-state index in [1.54, 1.807) is 6.20 Å². The van der Waals surface area contributed by atoms with E-state index < -0.39 is 0 Å². The molecule has 1 N–H and O–H groups in total. The predicted molar refractivity (Wildman–Crippen MR) is 71.9 cm³/mol. The van der Waals surface area contributed by atoms with Crippen LogP contribution in [0.1, 0.15) is 22.4 Å². The monoisotopic (exact) mass is 249 g/mol. The fourth-order valence-electron chi connectivity index (χ4n) is 1.88. The maximum atomic E-state index is 9.96. The van der Waals surface area contributed by atoms with E-state index in [1.165, 1.54) is 5.56 Å². The van der Waals surface area contributed by atoms with Crippen LogP contribution in [-0.2, 0) is 6.42 Å². The van der Waals surface area contributed by atoms with Crippen LogP contribution in [0.15, 0.2) is 36.5 Å². The highest BCUT2D eigenvalue weighted by Gasteiger charge is 2.06. The van der Waals surface area contributed by atoms with Gasteiger partial charge in [0.2, 0.25) is 0 Å². The second-order valence-electron chi connectivity index (χ2n) is 4.09. The number of phenolic OH excluding ortho intramolecular Hbond substituents is 1. The number of aryl methyl sites for hydroxylation is 2. The van der Waals surface area contributed by atoms with Gasteiger partial charge in [0.05, 0.1) is 0 Å². The normalized spacial score (nSPS) is 9.76. The van der Waals surface area contributed by atoms with Crippen LogP contribution in [0.25, 0.3) is 0 Å². The van der Waals surface area contributed by atoms with E-state index in [1.807, 2.05) is 44.2 Å². The first-order valence-electron chi connectivity index (χ1n) is 5.36. The zero-order valence-electron chi connectivity index (χ0n) is 9.97. The number of hydrogen-bond acceptors (Lipinski definition) is 2. The smallest absolute Gasteiger partial charge is 0.122 e. The summed E-state index contributed by atoms with van der Waals surface area (Å²) in [6, 6.07) is 9.82. The van der Waals surface area contributed by atoms with E-state index in [9.17, 15) is 5.11 Å². The summed E-state index contributed by atoms with van der Waals surface area (Å²) < 4.78 is 0. The molecule has 2 nitrogen and oxygen atoms in total. The molecule has 90 valence electrons. The zero-order chi connectivity index (χ0) is 11.5. The van der Waals surface area contributed by atoms with Crippen LogP contribution in [0, 0.1) is 13.8 Å². The Bertz CT molecular complexity index is 497. The zero-order valence-corrected chi connectivity index (χ0v) is 10.8. The van der Waals surface area contributed by atoms with Crippen LogP contribution in [0.4, 0.5) is 0 Å². The number of phenols is 1. The highest BCUT2D eigenvalue weighted by Crippen LogP contribution is 2.25. The van der Waals surface area contributed by atoms with Crippen molar-refractivity contribution in [2.75, 3.05) is 0 Å². The molecule has 0 amide bonds. The highest BCUT2D eigenvalue weighted by atomic mass is 35.5. The van der Waals surface area contributed by atoms with Gasteiger partial charge in [-0.05, 0) is 31.5 Å². The Kier molecular flexibility index (Phi) is 4.53. The molecule has 0 unspecified atom stereocenters. The van der Waals surface area contributed by atoms with E-state index in [0.29, 0.717) is 12.2 Å². The summed E-state index contributed by atoms with van der Waals surface area (Å²) in [4.78, 5) is 4.26. The molecule has 1 aromatic heterocycles. The van der Waals surface area contributed by atoms with Gasteiger partial charge in [0.15, 0.2) is 0 Å². The summed E-state index contributed by atoms with van der Waals surface area (Å²) >= 11 is 0. The van der Waals surface area contributed by atoms with E-state index >= 15 is 0 Å². The molecule has 0 bridgehead atoms. The quantitative estimate of drug-likeness (QED) is 0.885. The molecule has 1 aromatic carbocycles. The van der Waals surface area contributed by atoms with Crippen molar-refractivity contribution in [3.05, 3.63) is 58.9 Å². The Morgan fingerprint density at radius 3 is 2.59 bits per heavy atom. The number of rotatable bonds is 2. The Morgan fingerprint density at radius 2 is 1.94 bits per heavy atom. The van der Waals surface area contributed by atoms with Crippen LogP contribution in [-0.4, -0.2) is 10.1 Å². The van der Waals surface area contributed by atoms with Gasteiger partial charge in [-0.2, -0.15) is 0 Å². The van der Waals surface area contributed by atoms with Crippen molar-refractivity contribution in [3.8, 4) is 5.75 Å². The SMILES string of the molecule is Cc1cc(C)c(O)c(Cc2ccccn2)c1.Cl. The molecule has 0 saturated carbocycles. The van der Waals surface area contributed by atoms with Crippen LogP contribution in [0.2, 0.25) is 0 Å². The third-order valence-electron chi connectivity index (χ3n) is 2.62. The van der Waals surface area contributed by atoms with Gasteiger partial charge in [-0.1, -0.05) is 23.8 Å². The van der Waals surface area contributed by atoms with Gasteiger partial charge in [0, 0.05) is 23.9 Å². The largest absolute Gasteiger partial charge is 0.507 e. The van der Waals surface area contributed by atoms with Crippen molar-refractivity contribution in [2.24, 2.45) is 0 Å². The van der Waals surface area contributed by atoms with Crippen molar-refractivity contribution in [1.82, 2.24) is 4.98 Å². The average Bonchev–Trinajstić information content (AvgIpc) is 2.27. The molecule has 2 aromatic rings. The van der Waals surface area contributed by atoms with Crippen molar-refractivity contribution in [2.45, 2.75) is 20.3 Å². The third kappa shape index (κ3) is 3.21. The van der Waals surface area contributed by atoms with E-state index in [4.69, 9.17) is 0 Å². The minimum Gasteiger partial charge on any atom is -0.507 e. The number of benzene rings is 1. The molecule has 2 rings (SSSR count). The molecule has 0 radical (unpaired) electrons. The molecular weight excluding hydrogens is 234 g/mol. The first kappa shape index (κ1) is 13.5. The first-order chi connectivity index (χ1) is 7.66. The van der Waals surface area contributed by atoms with Gasteiger partial charge in [-0.3, -0.25) is 4.98 Å². The summed E-state index contributed by atoms with van der Waals surface area (Å²) in [5.41, 5.74) is 4.01. The third-order valence-corrected chi connectivity index (χ3v) is 2.62. The number of pyridine rings is 1. The van der Waals surface area contributed by atoms with Crippen LogP contribution in [0.3, 0.4) is 0 Å². The van der Waals surface area contributed by atoms with Crippen molar-refractivity contribution in [3.63, 3.8) is 0 Å². The number of aromatic nitrogens is 1. The molecule has 0 atom stereocenters. The molecule has 1 heterocycles. The number of hydrogen-bond donors (Lipinski definition) is 1. The average molecular weight is 250 g/mol. The Labute approximate surface area is 108 Å². The van der Waals surface area contributed by atoms with E-state index in [2.05, 4.69) is 4.98 Å². The standard InChI is InChI=1S/C14H15NO.ClH/c1-10-7-11(2)14(16)12(8-10)9-13-5-3-4-6-15-13;/h3-8,16H,9H2,1-2H3;1H. The lowest BCUT2D eigenvalue weighted by molar-refractivity contribution is 0.465. The minimum absolute atomic E-state index is 0. The fourth-order valence-corrected chi connectivity index (χ4v) is 1.88. The van der Waals surface area contributed by atoms with E-state index in [-0.39, 0.29) is 12.4 Å². The molecule has 3 heteroatoms. The minimum atomic E-state index is 0. The number of aromatic hydroxyl groups is 1. The van der Waals surface area contributed by atoms with Crippen LogP contribution >= 0.6 is 12.4 Å². The first-order valence-corrected chi connectivity index (χ1v) is 5.36. The van der Waals surface area contributed by atoms with Gasteiger partial charge in [0.25, 0.3) is 0 Å². The lowest BCUT2D eigenvalue weighted by Gasteiger charge is -2.08. The molecule has 0 fully saturated rings. The maximum absolute atomic E-state index is 9.96. The Morgan fingerprint density at radius 1 is 1.18 bits per heavy atom. The molecular formula is C14H16ClNO. The lowest BCUT2D eigenvalue weighted by atomic mass is 10.0. The molecule has 0 saturated heterocycles. The van der Waals surface area contributed by atoms with Crippen molar-refractivity contribution < 1.29 is 5.11 Å². The van der Waals surface area contributed by atoms with Crippen LogP contribution in [0.5, 0.6) is 5.75 Å². The second-order valence-corrected chi connectivity index (χ2v) is 4.09. The van der Waals surface area contributed by atoms with Gasteiger partial charge in [0.1, 0.15) is 5.75 Å². The Hall–Kier alpha value is -1.54. The molecule has 17 heavy (non-hydrogen) atoms. The lowest BCUT2D eigenvalue weighted by Crippen LogP contribution is -1.94. The van der Waals surface area contributed by atoms with Crippen molar-refractivity contribution in [1.29, 1.82) is 0 Å². The second kappa shape index (κ2) is 5.69. The van der Waals surface area contributed by atoms with Crippen molar-refractivity contribution >= 4 is 12.4 Å². The molecule has 0 aliphatic heterocycles. The maximum Gasteiger partial charge on any atom is 0.122 e. The summed E-state index contributed by atoms with van der Waals surface area (Å²) in [6.07, 6.45) is 2.45. The fraction of sp³-hybridized carbons (Fsp3) is 0.214. The van der Waals surface area contributed by atoms with Gasteiger partial charge >= 0.3 is 0 Å². The molecule has 0 aliphatic carbocycles. The highest BCUT2D eigenvalue weighted by molar-refractivity contribution is 5.85. The topological polar surface area (TPSA) is 33.1 Å². The summed E-state index contributed by atoms with van der Waals surface area (Å²) in [5.74, 6) is 0.385. The van der Waals surface area contributed by atoms with Gasteiger partial charge < -0.3 is 5.11 Å². The number of halogens is 1. The van der Waals surface area contributed by atoms with Gasteiger partial charge in [-0.15, -0.1) is 12.4 Å². The predicted octanol–water partition coefficient (Wildman–Crippen LogP) is 3.42. The number of nitrogens with zero attached hydrogens (tertiary/aromatic N) is 1. The Balaban J connectivity index is 0.00000144. The summed E-state index contributed by atoms with van der Waals surface area (Å²) in [5, 5.41) is 9.96. The van der Waals surface area contributed by atoms with Crippen LogP contribution < -0.4 is 0 Å². The molecule has 0 spiro atoms. The summed E-state index contributed by atoms with van der Waals surface area (Å²) in [7, 11) is 0. The van der Waals surface area contributed by atoms with E-state index in [0.717, 1.165) is 16.8 Å². The van der Waals surface area contributed by atoms with Gasteiger partial charge in [-0.25, -0.2) is 0 Å². The summed E-state index contributed by atoms with van der Waals surface area (Å²) in [6.45, 7) is 3.96. The molecule has 0 aliphatic rings.